The quantitative estimate of drug-likeness (QED) is 0.719. The van der Waals surface area contributed by atoms with Crippen LogP contribution < -0.4 is 5.32 Å². The average Bonchev–Trinajstić information content (AvgIpc) is 2.93. The molecule has 0 aliphatic heterocycles. The Morgan fingerprint density at radius 3 is 2.62 bits per heavy atom. The van der Waals surface area contributed by atoms with Gasteiger partial charge in [-0.2, -0.15) is 0 Å². The second kappa shape index (κ2) is 6.33. The van der Waals surface area contributed by atoms with E-state index in [9.17, 15) is 0 Å². The molecule has 0 saturated heterocycles. The lowest BCUT2D eigenvalue weighted by Crippen LogP contribution is -2.22. The van der Waals surface area contributed by atoms with E-state index in [4.69, 9.17) is 16.0 Å². The van der Waals surface area contributed by atoms with E-state index in [1.807, 2.05) is 6.07 Å². The number of halogens is 1. The molecule has 0 saturated carbocycles. The topological polar surface area (TPSA) is 25.2 Å². The third-order valence-electron chi connectivity index (χ3n) is 3.73. The van der Waals surface area contributed by atoms with Crippen LogP contribution in [0.3, 0.4) is 0 Å². The molecule has 3 rings (SSSR count). The van der Waals surface area contributed by atoms with Gasteiger partial charge in [0, 0.05) is 11.6 Å². The van der Waals surface area contributed by atoms with Crippen molar-refractivity contribution in [2.75, 3.05) is 6.54 Å². The molecule has 1 heterocycles. The lowest BCUT2D eigenvalue weighted by molar-refractivity contribution is 0.526. The molecule has 21 heavy (non-hydrogen) atoms. The number of nitrogens with one attached hydrogen (secondary N) is 1. The van der Waals surface area contributed by atoms with Crippen molar-refractivity contribution >= 4 is 22.4 Å². The Kier molecular flexibility index (Phi) is 4.28. The van der Waals surface area contributed by atoms with Crippen LogP contribution in [0.15, 0.2) is 59.2 Å². The Morgan fingerprint density at radius 1 is 1.10 bits per heavy atom. The summed E-state index contributed by atoms with van der Waals surface area (Å²) in [4.78, 5) is 0. The van der Waals surface area contributed by atoms with Gasteiger partial charge in [0.05, 0.1) is 6.26 Å². The summed E-state index contributed by atoms with van der Waals surface area (Å²) in [5.41, 5.74) is 2.31. The van der Waals surface area contributed by atoms with Crippen molar-refractivity contribution < 1.29 is 4.42 Å². The molecule has 2 nitrogen and oxygen atoms in total. The minimum atomic E-state index is 0.169. The molecule has 108 valence electrons. The lowest BCUT2D eigenvalue weighted by Gasteiger charge is -2.17. The van der Waals surface area contributed by atoms with E-state index >= 15 is 0 Å². The Labute approximate surface area is 129 Å². The Bertz CT molecular complexity index is 735. The number of benzene rings is 2. The predicted octanol–water partition coefficient (Wildman–Crippen LogP) is 4.98. The van der Waals surface area contributed by atoms with Gasteiger partial charge in [-0.25, -0.2) is 0 Å². The second-order valence-electron chi connectivity index (χ2n) is 5.15. The van der Waals surface area contributed by atoms with Crippen LogP contribution in [0.4, 0.5) is 0 Å². The first-order valence-corrected chi connectivity index (χ1v) is 7.59. The van der Waals surface area contributed by atoms with Crippen molar-refractivity contribution in [3.63, 3.8) is 0 Å². The van der Waals surface area contributed by atoms with Crippen molar-refractivity contribution in [2.24, 2.45) is 0 Å². The van der Waals surface area contributed by atoms with E-state index in [-0.39, 0.29) is 6.04 Å². The van der Waals surface area contributed by atoms with Gasteiger partial charge in [-0.1, -0.05) is 49.4 Å². The van der Waals surface area contributed by atoms with E-state index in [0.717, 1.165) is 18.5 Å². The van der Waals surface area contributed by atoms with Crippen molar-refractivity contribution in [3.05, 3.63) is 71.1 Å². The molecule has 3 heteroatoms. The highest BCUT2D eigenvalue weighted by molar-refractivity contribution is 6.29. The number of likely N-dealkylation sites (N-methyl/N-ethyl adjacent to an activating group) is 1. The summed E-state index contributed by atoms with van der Waals surface area (Å²) in [6, 6.07) is 17.1. The molecule has 2 aromatic carbocycles. The molecule has 1 aromatic heterocycles. The third kappa shape index (κ3) is 3.12. The molecule has 0 fully saturated rings. The molecule has 1 N–H and O–H groups in total. The Hall–Kier alpha value is -1.77. The molecule has 1 atom stereocenters. The van der Waals surface area contributed by atoms with E-state index in [1.54, 1.807) is 6.26 Å². The monoisotopic (exact) mass is 299 g/mol. The fourth-order valence-electron chi connectivity index (χ4n) is 2.69. The summed E-state index contributed by atoms with van der Waals surface area (Å²) in [7, 11) is 0. The van der Waals surface area contributed by atoms with Crippen LogP contribution in [0, 0.1) is 0 Å². The molecule has 0 amide bonds. The SMILES string of the molecule is CCNC(Cc1ccc2ccccc2c1)c1ccoc1Cl. The smallest absolute Gasteiger partial charge is 0.197 e. The Morgan fingerprint density at radius 2 is 1.90 bits per heavy atom. The van der Waals surface area contributed by atoms with Crippen LogP contribution in [0.25, 0.3) is 10.8 Å². The minimum absolute atomic E-state index is 0.169. The zero-order chi connectivity index (χ0) is 14.7. The first-order chi connectivity index (χ1) is 10.3. The lowest BCUT2D eigenvalue weighted by atomic mass is 9.98. The molecule has 3 aromatic rings. The molecular formula is C18H18ClNO. The zero-order valence-electron chi connectivity index (χ0n) is 12.0. The fourth-order valence-corrected chi connectivity index (χ4v) is 2.94. The van der Waals surface area contributed by atoms with E-state index in [0.29, 0.717) is 5.22 Å². The summed E-state index contributed by atoms with van der Waals surface area (Å²) in [5, 5.41) is 6.49. The van der Waals surface area contributed by atoms with Gasteiger partial charge >= 0.3 is 0 Å². The summed E-state index contributed by atoms with van der Waals surface area (Å²) < 4.78 is 5.23. The number of fused-ring (bicyclic) bond motifs is 1. The van der Waals surface area contributed by atoms with Crippen LogP contribution in [0.1, 0.15) is 24.1 Å². The van der Waals surface area contributed by atoms with E-state index < -0.39 is 0 Å². The highest BCUT2D eigenvalue weighted by Gasteiger charge is 2.16. The predicted molar refractivity (Wildman–Crippen MR) is 87.8 cm³/mol. The Balaban J connectivity index is 1.89. The van der Waals surface area contributed by atoms with Crippen LogP contribution in [-0.2, 0) is 6.42 Å². The van der Waals surface area contributed by atoms with Gasteiger partial charge in [0.25, 0.3) is 0 Å². The van der Waals surface area contributed by atoms with Crippen molar-refractivity contribution in [3.8, 4) is 0 Å². The highest BCUT2D eigenvalue weighted by atomic mass is 35.5. The number of rotatable bonds is 5. The summed E-state index contributed by atoms with van der Waals surface area (Å²) in [6.45, 7) is 2.99. The zero-order valence-corrected chi connectivity index (χ0v) is 12.7. The second-order valence-corrected chi connectivity index (χ2v) is 5.49. The molecule has 0 radical (unpaired) electrons. The molecule has 0 bridgehead atoms. The van der Waals surface area contributed by atoms with Crippen LogP contribution in [-0.4, -0.2) is 6.54 Å². The molecule has 0 aliphatic carbocycles. The van der Waals surface area contributed by atoms with E-state index in [1.165, 1.54) is 16.3 Å². The van der Waals surface area contributed by atoms with Crippen molar-refractivity contribution in [1.29, 1.82) is 0 Å². The van der Waals surface area contributed by atoms with Gasteiger partial charge < -0.3 is 9.73 Å². The van der Waals surface area contributed by atoms with Crippen LogP contribution >= 0.6 is 11.6 Å². The summed E-state index contributed by atoms with van der Waals surface area (Å²) >= 11 is 6.12. The van der Waals surface area contributed by atoms with E-state index in [2.05, 4.69) is 54.7 Å². The molecular weight excluding hydrogens is 282 g/mol. The van der Waals surface area contributed by atoms with Gasteiger partial charge in [-0.05, 0) is 47.0 Å². The van der Waals surface area contributed by atoms with Gasteiger partial charge in [0.2, 0.25) is 0 Å². The average molecular weight is 300 g/mol. The maximum absolute atomic E-state index is 6.12. The van der Waals surface area contributed by atoms with Gasteiger partial charge in [0.15, 0.2) is 5.22 Å². The van der Waals surface area contributed by atoms with Crippen molar-refractivity contribution in [2.45, 2.75) is 19.4 Å². The maximum atomic E-state index is 6.12. The van der Waals surface area contributed by atoms with Crippen LogP contribution in [0.5, 0.6) is 0 Å². The van der Waals surface area contributed by atoms with Gasteiger partial charge in [0.1, 0.15) is 0 Å². The normalized spacial score (nSPS) is 12.7. The number of hydrogen-bond acceptors (Lipinski definition) is 2. The highest BCUT2D eigenvalue weighted by Crippen LogP contribution is 2.27. The first-order valence-electron chi connectivity index (χ1n) is 7.22. The summed E-state index contributed by atoms with van der Waals surface area (Å²) in [5.74, 6) is 0. The first kappa shape index (κ1) is 14.2. The maximum Gasteiger partial charge on any atom is 0.197 e. The van der Waals surface area contributed by atoms with Gasteiger partial charge in [-0.15, -0.1) is 0 Å². The summed E-state index contributed by atoms with van der Waals surface area (Å²) in [6.07, 6.45) is 2.53. The number of hydrogen-bond donors (Lipinski definition) is 1. The largest absolute Gasteiger partial charge is 0.453 e. The minimum Gasteiger partial charge on any atom is -0.453 e. The van der Waals surface area contributed by atoms with Gasteiger partial charge in [-0.3, -0.25) is 0 Å². The molecule has 1 unspecified atom stereocenters. The number of furan rings is 1. The molecule has 0 aliphatic rings. The third-order valence-corrected chi connectivity index (χ3v) is 4.03. The fraction of sp³-hybridized carbons (Fsp3) is 0.222. The standard InChI is InChI=1S/C18H18ClNO/c1-2-20-17(16-9-10-21-18(16)19)12-13-7-8-14-5-3-4-6-15(14)11-13/h3-11,17,20H,2,12H2,1H3. The van der Waals surface area contributed by atoms with Crippen molar-refractivity contribution in [1.82, 2.24) is 5.32 Å². The van der Waals surface area contributed by atoms with Crippen LogP contribution in [0.2, 0.25) is 5.22 Å². The molecule has 0 spiro atoms.